The van der Waals surface area contributed by atoms with Gasteiger partial charge in [-0.15, -0.1) is 0 Å². The SMILES string of the molecule is O=C(CN1CCCCC1CCO)C1CC1. The number of aliphatic hydroxyl groups is 1. The van der Waals surface area contributed by atoms with E-state index in [0.717, 1.165) is 32.2 Å². The normalized spacial score (nSPS) is 27.9. The third kappa shape index (κ3) is 3.02. The van der Waals surface area contributed by atoms with Gasteiger partial charge in [-0.3, -0.25) is 9.69 Å². The average molecular weight is 211 g/mol. The number of aliphatic hydroxyl groups excluding tert-OH is 1. The second-order valence-corrected chi connectivity index (χ2v) is 4.87. The van der Waals surface area contributed by atoms with Crippen molar-refractivity contribution >= 4 is 5.78 Å². The van der Waals surface area contributed by atoms with E-state index in [-0.39, 0.29) is 6.61 Å². The molecule has 1 heterocycles. The van der Waals surface area contributed by atoms with Gasteiger partial charge in [0.15, 0.2) is 0 Å². The Kier molecular flexibility index (Phi) is 3.76. The Hall–Kier alpha value is -0.410. The van der Waals surface area contributed by atoms with Crippen molar-refractivity contribution in [2.45, 2.75) is 44.6 Å². The van der Waals surface area contributed by atoms with Crippen LogP contribution in [-0.2, 0) is 4.79 Å². The summed E-state index contributed by atoms with van der Waals surface area (Å²) in [5.41, 5.74) is 0. The molecule has 0 aromatic carbocycles. The minimum atomic E-state index is 0.249. The lowest BCUT2D eigenvalue weighted by molar-refractivity contribution is -0.122. The van der Waals surface area contributed by atoms with E-state index >= 15 is 0 Å². The molecule has 2 rings (SSSR count). The molecule has 0 radical (unpaired) electrons. The highest BCUT2D eigenvalue weighted by Crippen LogP contribution is 2.31. The number of Topliss-reactive ketones (excluding diaryl/α,β-unsaturated/α-hetero) is 1. The van der Waals surface area contributed by atoms with E-state index < -0.39 is 0 Å². The monoisotopic (exact) mass is 211 g/mol. The fourth-order valence-electron chi connectivity index (χ4n) is 2.48. The number of piperidine rings is 1. The van der Waals surface area contributed by atoms with Gasteiger partial charge in [0.25, 0.3) is 0 Å². The maximum Gasteiger partial charge on any atom is 0.149 e. The molecule has 15 heavy (non-hydrogen) atoms. The largest absolute Gasteiger partial charge is 0.396 e. The molecule has 86 valence electrons. The van der Waals surface area contributed by atoms with Gasteiger partial charge in [-0.2, -0.15) is 0 Å². The first-order valence-electron chi connectivity index (χ1n) is 6.19. The molecule has 0 amide bonds. The van der Waals surface area contributed by atoms with Gasteiger partial charge in [0.2, 0.25) is 0 Å². The topological polar surface area (TPSA) is 40.5 Å². The van der Waals surface area contributed by atoms with E-state index in [4.69, 9.17) is 5.11 Å². The van der Waals surface area contributed by atoms with Crippen molar-refractivity contribution in [1.82, 2.24) is 4.90 Å². The molecule has 1 saturated heterocycles. The van der Waals surface area contributed by atoms with Gasteiger partial charge in [0, 0.05) is 18.6 Å². The molecule has 1 saturated carbocycles. The molecule has 0 bridgehead atoms. The van der Waals surface area contributed by atoms with Crippen LogP contribution in [0, 0.1) is 5.92 Å². The quantitative estimate of drug-likeness (QED) is 0.743. The zero-order valence-corrected chi connectivity index (χ0v) is 9.32. The van der Waals surface area contributed by atoms with E-state index in [1.165, 1.54) is 12.8 Å². The first kappa shape index (κ1) is 11.1. The van der Waals surface area contributed by atoms with Crippen LogP contribution in [-0.4, -0.2) is 41.5 Å². The molecule has 1 N–H and O–H groups in total. The van der Waals surface area contributed by atoms with Crippen LogP contribution in [0.4, 0.5) is 0 Å². The van der Waals surface area contributed by atoms with Gasteiger partial charge in [-0.1, -0.05) is 6.42 Å². The van der Waals surface area contributed by atoms with Gasteiger partial charge in [0.1, 0.15) is 5.78 Å². The summed E-state index contributed by atoms with van der Waals surface area (Å²) in [7, 11) is 0. The Labute approximate surface area is 91.5 Å². The molecule has 0 spiro atoms. The summed E-state index contributed by atoms with van der Waals surface area (Å²) in [5, 5.41) is 8.98. The standard InChI is InChI=1S/C12H21NO2/c14-8-6-11-3-1-2-7-13(11)9-12(15)10-4-5-10/h10-11,14H,1-9H2. The van der Waals surface area contributed by atoms with Gasteiger partial charge >= 0.3 is 0 Å². The molecule has 1 unspecified atom stereocenters. The van der Waals surface area contributed by atoms with Crippen molar-refractivity contribution < 1.29 is 9.90 Å². The number of carbonyl (C=O) groups is 1. The molecule has 1 atom stereocenters. The number of rotatable bonds is 5. The van der Waals surface area contributed by atoms with Crippen molar-refractivity contribution in [1.29, 1.82) is 0 Å². The summed E-state index contributed by atoms with van der Waals surface area (Å²) < 4.78 is 0. The molecule has 3 nitrogen and oxygen atoms in total. The second-order valence-electron chi connectivity index (χ2n) is 4.87. The average Bonchev–Trinajstić information content (AvgIpc) is 3.04. The van der Waals surface area contributed by atoms with Gasteiger partial charge in [-0.05, 0) is 38.6 Å². The molecular formula is C12H21NO2. The first-order valence-corrected chi connectivity index (χ1v) is 6.19. The summed E-state index contributed by atoms with van der Waals surface area (Å²) in [6, 6.07) is 0.450. The maximum atomic E-state index is 11.7. The predicted molar refractivity (Wildman–Crippen MR) is 58.6 cm³/mol. The molecule has 1 aliphatic carbocycles. The van der Waals surface area contributed by atoms with Crippen molar-refractivity contribution in [2.24, 2.45) is 5.92 Å². The smallest absolute Gasteiger partial charge is 0.149 e. The number of carbonyl (C=O) groups excluding carboxylic acids is 1. The Balaban J connectivity index is 1.83. The highest BCUT2D eigenvalue weighted by Gasteiger charge is 2.32. The van der Waals surface area contributed by atoms with E-state index in [2.05, 4.69) is 4.90 Å². The maximum absolute atomic E-state index is 11.7. The van der Waals surface area contributed by atoms with Crippen LogP contribution in [0.25, 0.3) is 0 Å². The number of hydrogen-bond donors (Lipinski definition) is 1. The lowest BCUT2D eigenvalue weighted by atomic mass is 9.99. The van der Waals surface area contributed by atoms with Crippen molar-refractivity contribution in [3.05, 3.63) is 0 Å². The molecule has 3 heteroatoms. The van der Waals surface area contributed by atoms with Crippen LogP contribution < -0.4 is 0 Å². The van der Waals surface area contributed by atoms with E-state index in [0.29, 0.717) is 24.3 Å². The van der Waals surface area contributed by atoms with E-state index in [9.17, 15) is 4.79 Å². The Bertz CT molecular complexity index is 224. The summed E-state index contributed by atoms with van der Waals surface area (Å²) in [6.07, 6.45) is 6.66. The van der Waals surface area contributed by atoms with Crippen LogP contribution in [0.1, 0.15) is 38.5 Å². The molecule has 2 fully saturated rings. The van der Waals surface area contributed by atoms with Crippen LogP contribution in [0.15, 0.2) is 0 Å². The van der Waals surface area contributed by atoms with Crippen molar-refractivity contribution in [3.8, 4) is 0 Å². The van der Waals surface area contributed by atoms with Crippen LogP contribution in [0.3, 0.4) is 0 Å². The number of nitrogens with zero attached hydrogens (tertiary/aromatic N) is 1. The lowest BCUT2D eigenvalue weighted by Gasteiger charge is -2.34. The van der Waals surface area contributed by atoms with Crippen molar-refractivity contribution in [2.75, 3.05) is 19.7 Å². The second kappa shape index (κ2) is 5.08. The third-order valence-corrected chi connectivity index (χ3v) is 3.60. The van der Waals surface area contributed by atoms with Crippen molar-refractivity contribution in [3.63, 3.8) is 0 Å². The van der Waals surface area contributed by atoms with E-state index in [1.807, 2.05) is 0 Å². The Morgan fingerprint density at radius 1 is 1.27 bits per heavy atom. The number of hydrogen-bond acceptors (Lipinski definition) is 3. The fourth-order valence-corrected chi connectivity index (χ4v) is 2.48. The minimum absolute atomic E-state index is 0.249. The molecule has 0 aromatic heterocycles. The summed E-state index contributed by atoms with van der Waals surface area (Å²) in [5.74, 6) is 0.807. The lowest BCUT2D eigenvalue weighted by Crippen LogP contribution is -2.43. The van der Waals surface area contributed by atoms with Crippen LogP contribution >= 0.6 is 0 Å². The first-order chi connectivity index (χ1) is 7.31. The third-order valence-electron chi connectivity index (χ3n) is 3.60. The van der Waals surface area contributed by atoms with Gasteiger partial charge in [0.05, 0.1) is 6.54 Å². The summed E-state index contributed by atoms with van der Waals surface area (Å²) in [6.45, 7) is 1.93. The minimum Gasteiger partial charge on any atom is -0.396 e. The Morgan fingerprint density at radius 2 is 2.07 bits per heavy atom. The zero-order chi connectivity index (χ0) is 10.7. The van der Waals surface area contributed by atoms with Gasteiger partial charge < -0.3 is 5.11 Å². The highest BCUT2D eigenvalue weighted by atomic mass is 16.3. The van der Waals surface area contributed by atoms with E-state index in [1.54, 1.807) is 0 Å². The highest BCUT2D eigenvalue weighted by molar-refractivity contribution is 5.85. The van der Waals surface area contributed by atoms with Crippen LogP contribution in [0.2, 0.25) is 0 Å². The summed E-state index contributed by atoms with van der Waals surface area (Å²) in [4.78, 5) is 14.0. The molecule has 2 aliphatic rings. The molecular weight excluding hydrogens is 190 g/mol. The molecule has 1 aliphatic heterocycles. The van der Waals surface area contributed by atoms with Gasteiger partial charge in [-0.25, -0.2) is 0 Å². The Morgan fingerprint density at radius 3 is 2.73 bits per heavy atom. The predicted octanol–water partition coefficient (Wildman–Crippen LogP) is 1.20. The molecule has 0 aromatic rings. The fraction of sp³-hybridized carbons (Fsp3) is 0.917. The van der Waals surface area contributed by atoms with Crippen LogP contribution in [0.5, 0.6) is 0 Å². The summed E-state index contributed by atoms with van der Waals surface area (Å²) >= 11 is 0. The number of likely N-dealkylation sites (tertiary alicyclic amines) is 1. The number of ketones is 1. The zero-order valence-electron chi connectivity index (χ0n) is 9.32.